The largest absolute Gasteiger partial charge is 0.495 e. The molecule has 0 aliphatic heterocycles. The zero-order valence-electron chi connectivity index (χ0n) is 11.2. The summed E-state index contributed by atoms with van der Waals surface area (Å²) in [5, 5.41) is 9.09. The van der Waals surface area contributed by atoms with E-state index in [4.69, 9.17) is 21.4 Å². The van der Waals surface area contributed by atoms with Crippen LogP contribution in [0.15, 0.2) is 18.2 Å². The van der Waals surface area contributed by atoms with Gasteiger partial charge in [0.15, 0.2) is 0 Å². The van der Waals surface area contributed by atoms with Gasteiger partial charge in [-0.15, -0.1) is 0 Å². The van der Waals surface area contributed by atoms with E-state index < -0.39 is 16.0 Å². The van der Waals surface area contributed by atoms with Crippen LogP contribution in [0.4, 0.5) is 5.69 Å². The second-order valence-corrected chi connectivity index (χ2v) is 6.55. The lowest BCUT2D eigenvalue weighted by molar-refractivity contribution is -0.136. The third kappa shape index (κ3) is 4.01. The molecular weight excluding hydrogens is 306 g/mol. The summed E-state index contributed by atoms with van der Waals surface area (Å²) >= 11 is 5.88. The quantitative estimate of drug-likeness (QED) is 0.830. The Hall–Kier alpha value is -1.47. The van der Waals surface area contributed by atoms with E-state index in [1.807, 2.05) is 0 Å². The van der Waals surface area contributed by atoms with Gasteiger partial charge in [-0.05, 0) is 25.1 Å². The SMILES string of the molecule is CCS(=O)(=O)N(CCC(=O)O)c1cc(Cl)ccc1OC. The minimum absolute atomic E-state index is 0.151. The number of hydrogen-bond acceptors (Lipinski definition) is 4. The van der Waals surface area contributed by atoms with Crippen molar-refractivity contribution in [1.82, 2.24) is 0 Å². The number of carboxylic acid groups (broad SMARTS) is 1. The van der Waals surface area contributed by atoms with Crippen molar-refractivity contribution in [2.24, 2.45) is 0 Å². The molecule has 1 N–H and O–H groups in total. The molecule has 0 amide bonds. The van der Waals surface area contributed by atoms with Crippen LogP contribution in [0.3, 0.4) is 0 Å². The smallest absolute Gasteiger partial charge is 0.305 e. The van der Waals surface area contributed by atoms with E-state index >= 15 is 0 Å². The number of ether oxygens (including phenoxy) is 1. The summed E-state index contributed by atoms with van der Waals surface area (Å²) in [4.78, 5) is 10.7. The highest BCUT2D eigenvalue weighted by Gasteiger charge is 2.24. The van der Waals surface area contributed by atoms with Crippen molar-refractivity contribution in [1.29, 1.82) is 0 Å². The molecule has 0 unspecified atom stereocenters. The lowest BCUT2D eigenvalue weighted by atomic mass is 10.3. The number of sulfonamides is 1. The highest BCUT2D eigenvalue weighted by Crippen LogP contribution is 2.33. The standard InChI is InChI=1S/C12H16ClNO5S/c1-3-20(17,18)14(7-6-12(15)16)10-8-9(13)4-5-11(10)19-2/h4-5,8H,3,6-7H2,1-2H3,(H,15,16). The Morgan fingerprint density at radius 3 is 2.60 bits per heavy atom. The molecule has 0 radical (unpaired) electrons. The van der Waals surface area contributed by atoms with Crippen LogP contribution in [-0.4, -0.2) is 38.9 Å². The van der Waals surface area contributed by atoms with Crippen LogP contribution in [0.1, 0.15) is 13.3 Å². The predicted octanol–water partition coefficient (Wildman–Crippen LogP) is 1.98. The third-order valence-corrected chi connectivity index (χ3v) is 4.65. The molecule has 8 heteroatoms. The maximum Gasteiger partial charge on any atom is 0.305 e. The molecule has 0 fully saturated rings. The molecule has 0 saturated carbocycles. The number of carbonyl (C=O) groups is 1. The van der Waals surface area contributed by atoms with Gasteiger partial charge in [-0.25, -0.2) is 8.42 Å². The van der Waals surface area contributed by atoms with Crippen molar-refractivity contribution in [3.63, 3.8) is 0 Å². The summed E-state index contributed by atoms with van der Waals surface area (Å²) in [5.74, 6) is -0.915. The number of anilines is 1. The first-order valence-electron chi connectivity index (χ1n) is 5.87. The van der Waals surface area contributed by atoms with Crippen molar-refractivity contribution in [2.45, 2.75) is 13.3 Å². The topological polar surface area (TPSA) is 83.9 Å². The van der Waals surface area contributed by atoms with Gasteiger partial charge >= 0.3 is 5.97 Å². The first-order chi connectivity index (χ1) is 9.31. The monoisotopic (exact) mass is 321 g/mol. The summed E-state index contributed by atoms with van der Waals surface area (Å²) in [6.07, 6.45) is -0.311. The maximum absolute atomic E-state index is 12.1. The first-order valence-corrected chi connectivity index (χ1v) is 7.86. The third-order valence-electron chi connectivity index (χ3n) is 2.64. The first kappa shape index (κ1) is 16.6. The summed E-state index contributed by atoms with van der Waals surface area (Å²) in [6, 6.07) is 4.55. The van der Waals surface area contributed by atoms with Crippen molar-refractivity contribution in [3.05, 3.63) is 23.2 Å². The fraction of sp³-hybridized carbons (Fsp3) is 0.417. The van der Waals surface area contributed by atoms with Crippen LogP contribution in [-0.2, 0) is 14.8 Å². The molecule has 0 aromatic heterocycles. The number of nitrogens with zero attached hydrogens (tertiary/aromatic N) is 1. The number of rotatable bonds is 7. The molecule has 6 nitrogen and oxygen atoms in total. The number of halogens is 1. The molecule has 0 heterocycles. The van der Waals surface area contributed by atoms with Gasteiger partial charge in [-0.3, -0.25) is 9.10 Å². The highest BCUT2D eigenvalue weighted by atomic mass is 35.5. The number of aliphatic carboxylic acids is 1. The zero-order chi connectivity index (χ0) is 15.3. The Bertz CT molecular complexity index is 588. The Morgan fingerprint density at radius 2 is 2.10 bits per heavy atom. The van der Waals surface area contributed by atoms with Gasteiger partial charge in [0.1, 0.15) is 5.75 Å². The molecule has 112 valence electrons. The summed E-state index contributed by atoms with van der Waals surface area (Å²) in [6.45, 7) is 1.31. The average Bonchev–Trinajstić information content (AvgIpc) is 2.38. The van der Waals surface area contributed by atoms with Gasteiger partial charge in [-0.1, -0.05) is 11.6 Å². The van der Waals surface area contributed by atoms with Crippen molar-refractivity contribution < 1.29 is 23.1 Å². The molecule has 0 spiro atoms. The van der Waals surface area contributed by atoms with Gasteiger partial charge in [0.05, 0.1) is 25.0 Å². The van der Waals surface area contributed by atoms with E-state index in [1.54, 1.807) is 6.07 Å². The van der Waals surface area contributed by atoms with Crippen molar-refractivity contribution in [3.8, 4) is 5.75 Å². The van der Waals surface area contributed by atoms with E-state index in [0.717, 1.165) is 4.31 Å². The Kier molecular flexibility index (Phi) is 5.64. The van der Waals surface area contributed by atoms with Gasteiger partial charge in [0.2, 0.25) is 10.0 Å². The molecule has 0 aliphatic carbocycles. The number of carboxylic acids is 1. The van der Waals surface area contributed by atoms with Crippen LogP contribution in [0.2, 0.25) is 5.02 Å². The number of benzene rings is 1. The van der Waals surface area contributed by atoms with Crippen LogP contribution in [0.5, 0.6) is 5.75 Å². The molecule has 0 atom stereocenters. The second-order valence-electron chi connectivity index (χ2n) is 3.93. The lowest BCUT2D eigenvalue weighted by Gasteiger charge is -2.25. The van der Waals surface area contributed by atoms with Gasteiger partial charge in [0.25, 0.3) is 0 Å². The van der Waals surface area contributed by atoms with Gasteiger partial charge in [-0.2, -0.15) is 0 Å². The average molecular weight is 322 g/mol. The molecular formula is C12H16ClNO5S. The normalized spacial score (nSPS) is 11.2. The summed E-state index contributed by atoms with van der Waals surface area (Å²) in [5.41, 5.74) is 0.239. The molecule has 20 heavy (non-hydrogen) atoms. The Balaban J connectivity index is 3.29. The Morgan fingerprint density at radius 1 is 1.45 bits per heavy atom. The van der Waals surface area contributed by atoms with Gasteiger partial charge in [0, 0.05) is 11.6 Å². The minimum atomic E-state index is -3.63. The number of hydrogen-bond donors (Lipinski definition) is 1. The molecule has 0 saturated heterocycles. The van der Waals surface area contributed by atoms with Crippen LogP contribution < -0.4 is 9.04 Å². The maximum atomic E-state index is 12.1. The lowest BCUT2D eigenvalue weighted by Crippen LogP contribution is -2.34. The summed E-state index contributed by atoms with van der Waals surface area (Å²) in [7, 11) is -2.22. The molecule has 1 aromatic rings. The summed E-state index contributed by atoms with van der Waals surface area (Å²) < 4.78 is 30.4. The minimum Gasteiger partial charge on any atom is -0.495 e. The van der Waals surface area contributed by atoms with E-state index in [2.05, 4.69) is 0 Å². The second kappa shape index (κ2) is 6.81. The molecule has 0 aliphatic rings. The fourth-order valence-electron chi connectivity index (χ4n) is 1.62. The van der Waals surface area contributed by atoms with Crippen LogP contribution >= 0.6 is 11.6 Å². The van der Waals surface area contributed by atoms with Crippen molar-refractivity contribution >= 4 is 33.3 Å². The Labute approximate surface area is 123 Å². The van der Waals surface area contributed by atoms with E-state index in [-0.39, 0.29) is 24.4 Å². The molecule has 1 aromatic carbocycles. The van der Waals surface area contributed by atoms with Crippen LogP contribution in [0, 0.1) is 0 Å². The molecule has 0 bridgehead atoms. The van der Waals surface area contributed by atoms with E-state index in [1.165, 1.54) is 26.2 Å². The van der Waals surface area contributed by atoms with Gasteiger partial charge < -0.3 is 9.84 Å². The van der Waals surface area contributed by atoms with Crippen LogP contribution in [0.25, 0.3) is 0 Å². The number of methoxy groups -OCH3 is 1. The van der Waals surface area contributed by atoms with E-state index in [0.29, 0.717) is 10.8 Å². The predicted molar refractivity (Wildman–Crippen MR) is 77.1 cm³/mol. The van der Waals surface area contributed by atoms with Crippen molar-refractivity contribution in [2.75, 3.05) is 23.7 Å². The highest BCUT2D eigenvalue weighted by molar-refractivity contribution is 7.92. The van der Waals surface area contributed by atoms with E-state index in [9.17, 15) is 13.2 Å². The molecule has 1 rings (SSSR count). The fourth-order valence-corrected chi connectivity index (χ4v) is 2.91. The zero-order valence-corrected chi connectivity index (χ0v) is 12.7.